The Morgan fingerprint density at radius 1 is 0.935 bits per heavy atom. The highest BCUT2D eigenvalue weighted by Crippen LogP contribution is 2.37. The van der Waals surface area contributed by atoms with E-state index in [1.54, 1.807) is 43.7 Å². The van der Waals surface area contributed by atoms with Crippen molar-refractivity contribution in [2.24, 2.45) is 0 Å². The molecule has 0 bridgehead atoms. The lowest BCUT2D eigenvalue weighted by Gasteiger charge is -2.14. The zero-order valence-electron chi connectivity index (χ0n) is 16.6. The highest BCUT2D eigenvalue weighted by Gasteiger charge is 2.31. The van der Waals surface area contributed by atoms with Gasteiger partial charge in [-0.2, -0.15) is 0 Å². The van der Waals surface area contributed by atoms with Gasteiger partial charge in [0.05, 0.1) is 7.11 Å². The minimum absolute atomic E-state index is 0.305. The fourth-order valence-corrected chi connectivity index (χ4v) is 3.21. The minimum Gasteiger partial charge on any atom is -0.494 e. The molecule has 0 spiro atoms. The quantitative estimate of drug-likeness (QED) is 0.467. The summed E-state index contributed by atoms with van der Waals surface area (Å²) in [5, 5.41) is 3.71. The number of benzene rings is 2. The molecule has 0 radical (unpaired) electrons. The van der Waals surface area contributed by atoms with E-state index >= 15 is 0 Å². The van der Waals surface area contributed by atoms with Gasteiger partial charge in [0.1, 0.15) is 22.8 Å². The molecule has 0 saturated carbocycles. The number of hydrogen-bond acceptors (Lipinski definition) is 6. The summed E-state index contributed by atoms with van der Waals surface area (Å²) < 4.78 is 47.4. The average Bonchev–Trinajstić information content (AvgIpc) is 2.77. The predicted molar refractivity (Wildman–Crippen MR) is 111 cm³/mol. The SMILES string of the molecule is CNc1nc(-c2cccnc2)nc2c(OC)cc(-c3cccc(OC(F)(F)F)c3)cc12. The highest BCUT2D eigenvalue weighted by molar-refractivity contribution is 5.97. The molecule has 0 aliphatic carbocycles. The van der Waals surface area contributed by atoms with Crippen LogP contribution in [-0.4, -0.2) is 35.5 Å². The maximum atomic E-state index is 12.6. The summed E-state index contributed by atoms with van der Waals surface area (Å²) >= 11 is 0. The number of pyridine rings is 1. The molecule has 31 heavy (non-hydrogen) atoms. The number of fused-ring (bicyclic) bond motifs is 1. The van der Waals surface area contributed by atoms with Gasteiger partial charge in [-0.05, 0) is 47.5 Å². The molecular formula is C22H17F3N4O2. The predicted octanol–water partition coefficient (Wildman–Crippen LogP) is 5.31. The topological polar surface area (TPSA) is 69.2 Å². The second kappa shape index (κ2) is 8.10. The average molecular weight is 426 g/mol. The van der Waals surface area contributed by atoms with E-state index in [2.05, 4.69) is 25.0 Å². The first-order chi connectivity index (χ1) is 14.9. The Morgan fingerprint density at radius 3 is 2.42 bits per heavy atom. The summed E-state index contributed by atoms with van der Waals surface area (Å²) in [5.41, 5.74) is 2.46. The van der Waals surface area contributed by atoms with Gasteiger partial charge in [-0.1, -0.05) is 12.1 Å². The van der Waals surface area contributed by atoms with Crippen LogP contribution in [0.15, 0.2) is 60.9 Å². The number of nitrogens with zero attached hydrogens (tertiary/aromatic N) is 3. The van der Waals surface area contributed by atoms with Gasteiger partial charge in [-0.15, -0.1) is 13.2 Å². The van der Waals surface area contributed by atoms with Crippen molar-refractivity contribution in [1.82, 2.24) is 15.0 Å². The lowest BCUT2D eigenvalue weighted by molar-refractivity contribution is -0.274. The molecular weight excluding hydrogens is 409 g/mol. The van der Waals surface area contributed by atoms with Crippen LogP contribution in [0.2, 0.25) is 0 Å². The molecule has 4 rings (SSSR count). The van der Waals surface area contributed by atoms with Crippen molar-refractivity contribution in [1.29, 1.82) is 0 Å². The van der Waals surface area contributed by atoms with Gasteiger partial charge in [0.25, 0.3) is 0 Å². The van der Waals surface area contributed by atoms with Crippen molar-refractivity contribution < 1.29 is 22.6 Å². The van der Waals surface area contributed by atoms with Crippen molar-refractivity contribution in [2.45, 2.75) is 6.36 Å². The Labute approximate surface area is 175 Å². The summed E-state index contributed by atoms with van der Waals surface area (Å²) in [4.78, 5) is 13.3. The third kappa shape index (κ3) is 4.35. The maximum absolute atomic E-state index is 12.6. The van der Waals surface area contributed by atoms with Gasteiger partial charge in [0, 0.05) is 30.4 Å². The number of hydrogen-bond donors (Lipinski definition) is 1. The van der Waals surface area contributed by atoms with Gasteiger partial charge in [0.2, 0.25) is 0 Å². The van der Waals surface area contributed by atoms with Gasteiger partial charge in [-0.3, -0.25) is 4.98 Å². The minimum atomic E-state index is -4.77. The molecule has 0 aliphatic heterocycles. The Hall–Kier alpha value is -3.88. The maximum Gasteiger partial charge on any atom is 0.573 e. The molecule has 0 fully saturated rings. The number of methoxy groups -OCH3 is 1. The molecule has 4 aromatic rings. The lowest BCUT2D eigenvalue weighted by Crippen LogP contribution is -2.17. The first kappa shape index (κ1) is 20.4. The standard InChI is InChI=1S/C22H17F3N4O2/c1-26-21-17-10-15(13-5-3-7-16(9-13)31-22(23,24)25)11-18(30-2)19(17)28-20(29-21)14-6-4-8-27-12-14/h3-12H,1-2H3,(H,26,28,29). The molecule has 6 nitrogen and oxygen atoms in total. The number of anilines is 1. The Morgan fingerprint density at radius 2 is 1.74 bits per heavy atom. The van der Waals surface area contributed by atoms with E-state index in [4.69, 9.17) is 4.74 Å². The van der Waals surface area contributed by atoms with Crippen molar-refractivity contribution >= 4 is 16.7 Å². The molecule has 0 amide bonds. The van der Waals surface area contributed by atoms with E-state index in [9.17, 15) is 13.2 Å². The smallest absolute Gasteiger partial charge is 0.494 e. The van der Waals surface area contributed by atoms with Crippen LogP contribution < -0.4 is 14.8 Å². The zero-order valence-corrected chi connectivity index (χ0v) is 16.6. The van der Waals surface area contributed by atoms with Gasteiger partial charge in [0.15, 0.2) is 5.82 Å². The van der Waals surface area contributed by atoms with Gasteiger partial charge < -0.3 is 14.8 Å². The van der Waals surface area contributed by atoms with Gasteiger partial charge >= 0.3 is 6.36 Å². The molecule has 0 atom stereocenters. The normalized spacial score (nSPS) is 11.4. The van der Waals surface area contributed by atoms with Crippen molar-refractivity contribution in [3.8, 4) is 34.0 Å². The van der Waals surface area contributed by atoms with E-state index in [-0.39, 0.29) is 5.75 Å². The summed E-state index contributed by atoms with van der Waals surface area (Å²) in [7, 11) is 3.23. The van der Waals surface area contributed by atoms with E-state index in [1.165, 1.54) is 25.3 Å². The van der Waals surface area contributed by atoms with Crippen LogP contribution in [0, 0.1) is 0 Å². The highest BCUT2D eigenvalue weighted by atomic mass is 19.4. The third-order valence-electron chi connectivity index (χ3n) is 4.54. The second-order valence-electron chi connectivity index (χ2n) is 6.54. The first-order valence-electron chi connectivity index (χ1n) is 9.22. The van der Waals surface area contributed by atoms with Crippen molar-refractivity contribution in [3.63, 3.8) is 0 Å². The zero-order chi connectivity index (χ0) is 22.0. The Balaban J connectivity index is 1.87. The number of alkyl halides is 3. The number of aromatic nitrogens is 3. The molecule has 2 heterocycles. The molecule has 0 unspecified atom stereocenters. The summed E-state index contributed by atoms with van der Waals surface area (Å²) in [5.74, 6) is 1.17. The lowest BCUT2D eigenvalue weighted by atomic mass is 10.0. The van der Waals surface area contributed by atoms with Crippen LogP contribution in [0.5, 0.6) is 11.5 Å². The number of rotatable bonds is 5. The van der Waals surface area contributed by atoms with Crippen LogP contribution in [0.1, 0.15) is 0 Å². The first-order valence-corrected chi connectivity index (χ1v) is 9.22. The van der Waals surface area contributed by atoms with Crippen LogP contribution in [0.4, 0.5) is 19.0 Å². The monoisotopic (exact) mass is 426 g/mol. The van der Waals surface area contributed by atoms with Crippen LogP contribution in [0.3, 0.4) is 0 Å². The largest absolute Gasteiger partial charge is 0.573 e. The Kier molecular flexibility index (Phi) is 5.33. The fourth-order valence-electron chi connectivity index (χ4n) is 3.21. The Bertz CT molecular complexity index is 1230. The number of nitrogens with one attached hydrogen (secondary N) is 1. The molecule has 0 aliphatic rings. The van der Waals surface area contributed by atoms with E-state index in [0.717, 1.165) is 5.56 Å². The summed E-state index contributed by atoms with van der Waals surface area (Å²) in [6, 6.07) is 12.9. The third-order valence-corrected chi connectivity index (χ3v) is 4.54. The van der Waals surface area contributed by atoms with Crippen molar-refractivity contribution in [2.75, 3.05) is 19.5 Å². The molecule has 158 valence electrons. The van der Waals surface area contributed by atoms with Gasteiger partial charge in [-0.25, -0.2) is 9.97 Å². The second-order valence-corrected chi connectivity index (χ2v) is 6.54. The number of halogens is 3. The molecule has 2 aromatic carbocycles. The number of ether oxygens (including phenoxy) is 2. The molecule has 2 aromatic heterocycles. The summed E-state index contributed by atoms with van der Waals surface area (Å²) in [6.07, 6.45) is -1.45. The van der Waals surface area contributed by atoms with E-state index in [1.807, 2.05) is 6.07 Å². The van der Waals surface area contributed by atoms with Crippen LogP contribution >= 0.6 is 0 Å². The molecule has 1 N–H and O–H groups in total. The van der Waals surface area contributed by atoms with Crippen molar-refractivity contribution in [3.05, 3.63) is 60.9 Å². The van der Waals surface area contributed by atoms with Crippen LogP contribution in [-0.2, 0) is 0 Å². The molecule has 0 saturated heterocycles. The summed E-state index contributed by atoms with van der Waals surface area (Å²) in [6.45, 7) is 0. The fraction of sp³-hybridized carbons (Fsp3) is 0.136. The van der Waals surface area contributed by atoms with E-state index in [0.29, 0.717) is 39.4 Å². The molecule has 9 heteroatoms. The van der Waals surface area contributed by atoms with E-state index < -0.39 is 6.36 Å². The van der Waals surface area contributed by atoms with Crippen LogP contribution in [0.25, 0.3) is 33.4 Å².